The van der Waals surface area contributed by atoms with Gasteiger partial charge in [0.25, 0.3) is 0 Å². The first-order valence-electron chi connectivity index (χ1n) is 12.6. The van der Waals surface area contributed by atoms with Gasteiger partial charge in [-0.3, -0.25) is 0 Å². The number of urea groups is 1. The minimum absolute atomic E-state index is 0.287. The monoisotopic (exact) mass is 566 g/mol. The summed E-state index contributed by atoms with van der Waals surface area (Å²) in [7, 11) is 1.57. The number of ether oxygens (including phenoxy) is 3. The number of carbonyl (C=O) groups is 1. The number of rotatable bonds is 8. The number of nitrogens with one attached hydrogen (secondary N) is 2. The van der Waals surface area contributed by atoms with Gasteiger partial charge in [0.2, 0.25) is 5.88 Å². The molecule has 0 atom stereocenters. The molecule has 0 aliphatic heterocycles. The molecule has 0 unspecified atom stereocenters. The fraction of sp³-hybridized carbons (Fsp3) is 0.0645. The van der Waals surface area contributed by atoms with E-state index >= 15 is 0 Å². The SMILES string of the molecule is COc1cc2c(Oc3ccc(NC(=O)Nc4ccc5occc5c4)c(Cl)c3)ncnc2cc1OCc1ccccc1. The highest BCUT2D eigenvalue weighted by molar-refractivity contribution is 6.34. The van der Waals surface area contributed by atoms with Crippen LogP contribution in [0.2, 0.25) is 5.02 Å². The number of hydrogen-bond acceptors (Lipinski definition) is 7. The first kappa shape index (κ1) is 26.0. The fourth-order valence-corrected chi connectivity index (χ4v) is 4.45. The molecule has 0 bridgehead atoms. The van der Waals surface area contributed by atoms with Crippen LogP contribution in [0.25, 0.3) is 21.9 Å². The lowest BCUT2D eigenvalue weighted by Gasteiger charge is -2.14. The molecule has 4 aromatic carbocycles. The lowest BCUT2D eigenvalue weighted by atomic mass is 10.2. The molecule has 6 aromatic rings. The summed E-state index contributed by atoms with van der Waals surface area (Å²) in [6, 6.07) is 25.1. The third kappa shape index (κ3) is 5.85. The normalized spacial score (nSPS) is 10.9. The van der Waals surface area contributed by atoms with E-state index in [4.69, 9.17) is 30.2 Å². The predicted molar refractivity (Wildman–Crippen MR) is 157 cm³/mol. The van der Waals surface area contributed by atoms with Crippen LogP contribution in [0, 0.1) is 0 Å². The third-order valence-electron chi connectivity index (χ3n) is 6.23. The second-order valence-electron chi connectivity index (χ2n) is 8.97. The summed E-state index contributed by atoms with van der Waals surface area (Å²) >= 11 is 6.47. The maximum atomic E-state index is 12.6. The van der Waals surface area contributed by atoms with Crippen LogP contribution in [-0.4, -0.2) is 23.1 Å². The van der Waals surface area contributed by atoms with E-state index in [9.17, 15) is 4.79 Å². The molecule has 6 rings (SSSR count). The van der Waals surface area contributed by atoms with Gasteiger partial charge < -0.3 is 29.3 Å². The van der Waals surface area contributed by atoms with Crippen LogP contribution in [0.5, 0.6) is 23.1 Å². The van der Waals surface area contributed by atoms with Crippen molar-refractivity contribution >= 4 is 50.9 Å². The molecule has 2 aromatic heterocycles. The molecule has 0 aliphatic rings. The standard InChI is InChI=1S/C31H23ClN4O5/c1-38-28-15-23-26(16-29(28)40-17-19-5-3-2-4-6-19)33-18-34-30(23)41-22-8-9-25(24(32)14-22)36-31(37)35-21-7-10-27-20(13-21)11-12-39-27/h2-16,18H,17H2,1H3,(H2,35,36,37). The first-order chi connectivity index (χ1) is 20.1. The highest BCUT2D eigenvalue weighted by Crippen LogP contribution is 2.37. The molecule has 2 heterocycles. The Morgan fingerprint density at radius 1 is 0.927 bits per heavy atom. The number of carbonyl (C=O) groups excluding carboxylic acids is 1. The van der Waals surface area contributed by atoms with Crippen molar-refractivity contribution in [3.8, 4) is 23.1 Å². The number of furan rings is 1. The molecule has 0 spiro atoms. The molecule has 41 heavy (non-hydrogen) atoms. The van der Waals surface area contributed by atoms with E-state index < -0.39 is 6.03 Å². The second kappa shape index (κ2) is 11.4. The number of hydrogen-bond donors (Lipinski definition) is 2. The van der Waals surface area contributed by atoms with Gasteiger partial charge in [-0.25, -0.2) is 14.8 Å². The van der Waals surface area contributed by atoms with E-state index in [1.807, 2.05) is 42.5 Å². The summed E-state index contributed by atoms with van der Waals surface area (Å²) in [6.45, 7) is 0.383. The Balaban J connectivity index is 1.17. The molecule has 9 nitrogen and oxygen atoms in total. The zero-order valence-corrected chi connectivity index (χ0v) is 22.5. The Kier molecular flexibility index (Phi) is 7.25. The molecule has 0 radical (unpaired) electrons. The van der Waals surface area contributed by atoms with Gasteiger partial charge in [0.1, 0.15) is 24.3 Å². The summed E-state index contributed by atoms with van der Waals surface area (Å²) in [5, 5.41) is 7.33. The van der Waals surface area contributed by atoms with Gasteiger partial charge in [-0.1, -0.05) is 41.9 Å². The minimum Gasteiger partial charge on any atom is -0.493 e. The molecule has 2 N–H and O–H groups in total. The summed E-state index contributed by atoms with van der Waals surface area (Å²) in [6.07, 6.45) is 3.01. The lowest BCUT2D eigenvalue weighted by molar-refractivity contribution is 0.262. The Bertz CT molecular complexity index is 1860. The van der Waals surface area contributed by atoms with E-state index in [0.717, 1.165) is 16.5 Å². The Morgan fingerprint density at radius 3 is 2.63 bits per heavy atom. The van der Waals surface area contributed by atoms with Gasteiger partial charge in [-0.2, -0.15) is 0 Å². The fourth-order valence-electron chi connectivity index (χ4n) is 4.23. The summed E-state index contributed by atoms with van der Waals surface area (Å²) in [4.78, 5) is 21.3. The summed E-state index contributed by atoms with van der Waals surface area (Å²) in [5.41, 5.74) is 3.42. The van der Waals surface area contributed by atoms with Gasteiger partial charge in [0, 0.05) is 23.2 Å². The van der Waals surface area contributed by atoms with Crippen molar-refractivity contribution in [2.24, 2.45) is 0 Å². The number of benzene rings is 4. The van der Waals surface area contributed by atoms with Crippen LogP contribution in [0.15, 0.2) is 102 Å². The lowest BCUT2D eigenvalue weighted by Crippen LogP contribution is -2.19. The first-order valence-corrected chi connectivity index (χ1v) is 13.0. The Hall–Kier alpha value is -5.28. The average molecular weight is 567 g/mol. The highest BCUT2D eigenvalue weighted by atomic mass is 35.5. The number of methoxy groups -OCH3 is 1. The molecule has 0 saturated carbocycles. The van der Waals surface area contributed by atoms with Crippen LogP contribution >= 0.6 is 11.6 Å². The zero-order valence-electron chi connectivity index (χ0n) is 21.8. The van der Waals surface area contributed by atoms with Gasteiger partial charge in [-0.15, -0.1) is 0 Å². The number of halogens is 1. The average Bonchev–Trinajstić information content (AvgIpc) is 3.46. The smallest absolute Gasteiger partial charge is 0.323 e. The predicted octanol–water partition coefficient (Wildman–Crippen LogP) is 8.05. The van der Waals surface area contributed by atoms with E-state index in [-0.39, 0.29) is 5.02 Å². The molecule has 2 amide bonds. The molecular formula is C31H23ClN4O5. The topological polar surface area (TPSA) is 108 Å². The zero-order chi connectivity index (χ0) is 28.2. The number of amides is 2. The molecule has 0 fully saturated rings. The van der Waals surface area contributed by atoms with Gasteiger partial charge in [-0.05, 0) is 48.0 Å². The molecule has 0 saturated heterocycles. The van der Waals surface area contributed by atoms with Gasteiger partial charge in [0.05, 0.1) is 35.0 Å². The Labute approximate surface area is 239 Å². The van der Waals surface area contributed by atoms with E-state index in [1.165, 1.54) is 6.33 Å². The molecule has 10 heteroatoms. The van der Waals surface area contributed by atoms with Crippen molar-refractivity contribution in [1.29, 1.82) is 0 Å². The second-order valence-corrected chi connectivity index (χ2v) is 9.38. The van der Waals surface area contributed by atoms with Crippen molar-refractivity contribution in [2.75, 3.05) is 17.7 Å². The largest absolute Gasteiger partial charge is 0.493 e. The highest BCUT2D eigenvalue weighted by Gasteiger charge is 2.15. The van der Waals surface area contributed by atoms with Crippen molar-refractivity contribution in [3.05, 3.63) is 108 Å². The number of anilines is 2. The van der Waals surface area contributed by atoms with E-state index in [1.54, 1.807) is 55.8 Å². The number of fused-ring (bicyclic) bond motifs is 2. The van der Waals surface area contributed by atoms with Crippen molar-refractivity contribution < 1.29 is 23.4 Å². The van der Waals surface area contributed by atoms with Crippen LogP contribution in [0.3, 0.4) is 0 Å². The molecule has 0 aliphatic carbocycles. The van der Waals surface area contributed by atoms with Crippen molar-refractivity contribution in [2.45, 2.75) is 6.61 Å². The summed E-state index contributed by atoms with van der Waals surface area (Å²) in [5.74, 6) is 1.81. The van der Waals surface area contributed by atoms with E-state index in [0.29, 0.717) is 52.0 Å². The van der Waals surface area contributed by atoms with Gasteiger partial charge in [0.15, 0.2) is 11.5 Å². The molecule has 204 valence electrons. The summed E-state index contributed by atoms with van der Waals surface area (Å²) < 4.78 is 23.0. The quantitative estimate of drug-likeness (QED) is 0.192. The van der Waals surface area contributed by atoms with Crippen LogP contribution in [0.1, 0.15) is 5.56 Å². The number of nitrogens with zero attached hydrogens (tertiary/aromatic N) is 2. The Morgan fingerprint density at radius 2 is 1.80 bits per heavy atom. The number of aromatic nitrogens is 2. The van der Waals surface area contributed by atoms with Crippen molar-refractivity contribution in [3.63, 3.8) is 0 Å². The van der Waals surface area contributed by atoms with E-state index in [2.05, 4.69) is 20.6 Å². The van der Waals surface area contributed by atoms with Crippen LogP contribution in [0.4, 0.5) is 16.2 Å². The van der Waals surface area contributed by atoms with Crippen LogP contribution in [-0.2, 0) is 6.61 Å². The van der Waals surface area contributed by atoms with Gasteiger partial charge >= 0.3 is 6.03 Å². The minimum atomic E-state index is -0.442. The maximum absolute atomic E-state index is 12.6. The third-order valence-corrected chi connectivity index (χ3v) is 6.55. The maximum Gasteiger partial charge on any atom is 0.323 e. The van der Waals surface area contributed by atoms with Crippen molar-refractivity contribution in [1.82, 2.24) is 9.97 Å². The molecular weight excluding hydrogens is 544 g/mol. The van der Waals surface area contributed by atoms with Crippen LogP contribution < -0.4 is 24.8 Å².